The summed E-state index contributed by atoms with van der Waals surface area (Å²) in [6, 6.07) is -0.127. The van der Waals surface area contributed by atoms with Crippen LogP contribution in [0.25, 0.3) is 0 Å². The van der Waals surface area contributed by atoms with Gasteiger partial charge in [0.2, 0.25) is 5.91 Å². The van der Waals surface area contributed by atoms with Gasteiger partial charge in [0.25, 0.3) is 0 Å². The van der Waals surface area contributed by atoms with Crippen LogP contribution in [0.4, 0.5) is 0 Å². The van der Waals surface area contributed by atoms with Gasteiger partial charge in [0.05, 0.1) is 25.4 Å². The van der Waals surface area contributed by atoms with E-state index >= 15 is 0 Å². The molecule has 0 spiro atoms. The zero-order valence-electron chi connectivity index (χ0n) is 11.2. The van der Waals surface area contributed by atoms with E-state index in [1.807, 2.05) is 0 Å². The van der Waals surface area contributed by atoms with Crippen molar-refractivity contribution in [2.45, 2.75) is 39.2 Å². The molecule has 0 radical (unpaired) electrons. The zero-order valence-corrected chi connectivity index (χ0v) is 11.2. The molecule has 1 rings (SSSR count). The molecule has 0 aromatic heterocycles. The summed E-state index contributed by atoms with van der Waals surface area (Å²) in [5, 5.41) is 2.84. The van der Waals surface area contributed by atoms with Crippen molar-refractivity contribution in [3.8, 4) is 0 Å². The van der Waals surface area contributed by atoms with E-state index in [0.717, 1.165) is 19.3 Å². The van der Waals surface area contributed by atoms with Gasteiger partial charge in [0.15, 0.2) is 0 Å². The molecular formula is C13H21NO4. The van der Waals surface area contributed by atoms with Gasteiger partial charge in [-0.2, -0.15) is 0 Å². The van der Waals surface area contributed by atoms with E-state index in [1.54, 1.807) is 13.8 Å². The Morgan fingerprint density at radius 2 is 2.11 bits per heavy atom. The average molecular weight is 255 g/mol. The molecule has 102 valence electrons. The van der Waals surface area contributed by atoms with Gasteiger partial charge in [-0.05, 0) is 26.7 Å². The van der Waals surface area contributed by atoms with Crippen LogP contribution in [0, 0.1) is 5.92 Å². The maximum absolute atomic E-state index is 11.7. The molecule has 0 aromatic carbocycles. The normalized spacial score (nSPS) is 23.6. The van der Waals surface area contributed by atoms with Crippen molar-refractivity contribution in [3.63, 3.8) is 0 Å². The smallest absolute Gasteiger partial charge is 0.311 e. The van der Waals surface area contributed by atoms with E-state index in [1.165, 1.54) is 13.2 Å². The molecule has 0 aromatic rings. The Labute approximate surface area is 108 Å². The van der Waals surface area contributed by atoms with Crippen molar-refractivity contribution in [1.82, 2.24) is 5.32 Å². The van der Waals surface area contributed by atoms with Crippen LogP contribution >= 0.6 is 0 Å². The number of carbonyl (C=O) groups is 2. The first kappa shape index (κ1) is 14.5. The lowest BCUT2D eigenvalue weighted by Crippen LogP contribution is -2.40. The van der Waals surface area contributed by atoms with Crippen molar-refractivity contribution in [2.24, 2.45) is 5.92 Å². The first-order valence-corrected chi connectivity index (χ1v) is 6.28. The molecule has 0 saturated heterocycles. The Morgan fingerprint density at radius 1 is 1.39 bits per heavy atom. The third-order valence-electron chi connectivity index (χ3n) is 3.09. The van der Waals surface area contributed by atoms with Gasteiger partial charge < -0.3 is 14.8 Å². The highest BCUT2D eigenvalue weighted by atomic mass is 16.5. The van der Waals surface area contributed by atoms with E-state index < -0.39 is 0 Å². The summed E-state index contributed by atoms with van der Waals surface area (Å²) >= 11 is 0. The number of allylic oxidation sites excluding steroid dienone is 1. The fourth-order valence-corrected chi connectivity index (χ4v) is 2.13. The van der Waals surface area contributed by atoms with Gasteiger partial charge in [-0.15, -0.1) is 0 Å². The molecule has 0 bridgehead atoms. The van der Waals surface area contributed by atoms with Crippen LogP contribution in [-0.2, 0) is 19.1 Å². The molecule has 0 aliphatic heterocycles. The summed E-state index contributed by atoms with van der Waals surface area (Å²) < 4.78 is 9.92. The molecule has 1 aliphatic rings. The van der Waals surface area contributed by atoms with E-state index in [9.17, 15) is 9.59 Å². The van der Waals surface area contributed by atoms with Crippen LogP contribution < -0.4 is 5.32 Å². The van der Waals surface area contributed by atoms with Gasteiger partial charge in [-0.3, -0.25) is 9.59 Å². The summed E-state index contributed by atoms with van der Waals surface area (Å²) in [6.07, 6.45) is 3.91. The number of ether oxygens (including phenoxy) is 2. The van der Waals surface area contributed by atoms with Crippen molar-refractivity contribution in [3.05, 3.63) is 11.8 Å². The Balaban J connectivity index is 2.55. The first-order chi connectivity index (χ1) is 8.58. The zero-order chi connectivity index (χ0) is 13.5. The minimum absolute atomic E-state index is 0.127. The van der Waals surface area contributed by atoms with Crippen molar-refractivity contribution >= 4 is 11.9 Å². The quantitative estimate of drug-likeness (QED) is 0.458. The van der Waals surface area contributed by atoms with Gasteiger partial charge in [-0.1, -0.05) is 6.42 Å². The minimum Gasteiger partial charge on any atom is -0.501 e. The number of esters is 1. The van der Waals surface area contributed by atoms with E-state index in [-0.39, 0.29) is 23.8 Å². The molecule has 1 N–H and O–H groups in total. The molecule has 1 aliphatic carbocycles. The van der Waals surface area contributed by atoms with E-state index in [0.29, 0.717) is 12.4 Å². The lowest BCUT2D eigenvalue weighted by Gasteiger charge is -2.18. The van der Waals surface area contributed by atoms with Crippen LogP contribution in [-0.4, -0.2) is 31.6 Å². The van der Waals surface area contributed by atoms with Gasteiger partial charge >= 0.3 is 5.97 Å². The summed E-state index contributed by atoms with van der Waals surface area (Å²) in [7, 11) is 1.51. The number of nitrogens with one attached hydrogen (secondary N) is 1. The summed E-state index contributed by atoms with van der Waals surface area (Å²) in [4.78, 5) is 23.4. The van der Waals surface area contributed by atoms with Crippen LogP contribution in [0.5, 0.6) is 0 Å². The van der Waals surface area contributed by atoms with Crippen molar-refractivity contribution in [2.75, 3.05) is 13.7 Å². The third-order valence-corrected chi connectivity index (χ3v) is 3.09. The minimum atomic E-state index is -0.226. The van der Waals surface area contributed by atoms with Gasteiger partial charge in [-0.25, -0.2) is 0 Å². The summed E-state index contributed by atoms with van der Waals surface area (Å²) in [6.45, 7) is 3.86. The SMILES string of the molecule is CCOC(=O)C1CCCC1NC(=O)/C=C(/C)OC. The number of amides is 1. The maximum Gasteiger partial charge on any atom is 0.311 e. The highest BCUT2D eigenvalue weighted by molar-refractivity contribution is 5.88. The maximum atomic E-state index is 11.7. The molecule has 1 saturated carbocycles. The second-order valence-corrected chi connectivity index (χ2v) is 4.36. The van der Waals surface area contributed by atoms with Crippen LogP contribution in [0.15, 0.2) is 11.8 Å². The fraction of sp³-hybridized carbons (Fsp3) is 0.692. The highest BCUT2D eigenvalue weighted by Gasteiger charge is 2.34. The van der Waals surface area contributed by atoms with Crippen LogP contribution in [0.3, 0.4) is 0 Å². The first-order valence-electron chi connectivity index (χ1n) is 6.28. The molecule has 5 heteroatoms. The Kier molecular flexibility index (Phi) is 5.68. The topological polar surface area (TPSA) is 64.6 Å². The van der Waals surface area contributed by atoms with E-state index in [4.69, 9.17) is 9.47 Å². The molecule has 1 amide bonds. The number of rotatable bonds is 5. The second-order valence-electron chi connectivity index (χ2n) is 4.36. The molecular weight excluding hydrogens is 234 g/mol. The Bertz CT molecular complexity index is 338. The van der Waals surface area contributed by atoms with Crippen molar-refractivity contribution in [1.29, 1.82) is 0 Å². The average Bonchev–Trinajstić information content (AvgIpc) is 2.77. The predicted molar refractivity (Wildman–Crippen MR) is 66.7 cm³/mol. The Morgan fingerprint density at radius 3 is 2.72 bits per heavy atom. The fourth-order valence-electron chi connectivity index (χ4n) is 2.13. The molecule has 1 fully saturated rings. The Hall–Kier alpha value is -1.52. The monoisotopic (exact) mass is 255 g/mol. The van der Waals surface area contributed by atoms with Crippen LogP contribution in [0.1, 0.15) is 33.1 Å². The molecule has 2 unspecified atom stereocenters. The number of hydrogen-bond acceptors (Lipinski definition) is 4. The molecule has 2 atom stereocenters. The van der Waals surface area contributed by atoms with Crippen molar-refractivity contribution < 1.29 is 19.1 Å². The summed E-state index contributed by atoms with van der Waals surface area (Å²) in [5.41, 5.74) is 0. The van der Waals surface area contributed by atoms with Gasteiger partial charge in [0, 0.05) is 12.1 Å². The number of hydrogen-bond donors (Lipinski definition) is 1. The molecule has 18 heavy (non-hydrogen) atoms. The number of carbonyl (C=O) groups excluding carboxylic acids is 2. The molecule has 0 heterocycles. The highest BCUT2D eigenvalue weighted by Crippen LogP contribution is 2.26. The van der Waals surface area contributed by atoms with Gasteiger partial charge in [0.1, 0.15) is 0 Å². The van der Waals surface area contributed by atoms with Crippen LogP contribution in [0.2, 0.25) is 0 Å². The lowest BCUT2D eigenvalue weighted by atomic mass is 10.0. The molecule has 5 nitrogen and oxygen atoms in total. The number of methoxy groups -OCH3 is 1. The lowest BCUT2D eigenvalue weighted by molar-refractivity contribution is -0.148. The van der Waals surface area contributed by atoms with E-state index in [2.05, 4.69) is 5.32 Å². The summed E-state index contributed by atoms with van der Waals surface area (Å²) in [5.74, 6) is -0.119. The largest absolute Gasteiger partial charge is 0.501 e. The predicted octanol–water partition coefficient (Wildman–Crippen LogP) is 1.38. The third kappa shape index (κ3) is 4.05. The second kappa shape index (κ2) is 7.03. The standard InChI is InChI=1S/C13H21NO4/c1-4-18-13(16)10-6-5-7-11(10)14-12(15)8-9(2)17-3/h8,10-11H,4-7H2,1-3H3,(H,14,15)/b9-8-.